The van der Waals surface area contributed by atoms with Crippen molar-refractivity contribution >= 4 is 29.9 Å². The second kappa shape index (κ2) is 8.04. The van der Waals surface area contributed by atoms with Crippen molar-refractivity contribution in [1.82, 2.24) is 15.5 Å². The lowest BCUT2D eigenvalue weighted by Gasteiger charge is -2.03. The third-order valence-electron chi connectivity index (χ3n) is 1.73. The summed E-state index contributed by atoms with van der Waals surface area (Å²) in [5.41, 5.74) is 6.59. The van der Waals surface area contributed by atoms with Gasteiger partial charge in [0.1, 0.15) is 0 Å². The third kappa shape index (κ3) is 6.93. The molecular formula is C10H18IN5O. The number of nitrogens with one attached hydrogen (secondary N) is 1. The van der Waals surface area contributed by atoms with Gasteiger partial charge in [0.15, 0.2) is 11.8 Å². The lowest BCUT2D eigenvalue weighted by molar-refractivity contribution is 0.374. The molecular weight excluding hydrogens is 333 g/mol. The van der Waals surface area contributed by atoms with Crippen molar-refractivity contribution in [3.05, 3.63) is 23.9 Å². The molecule has 0 radical (unpaired) electrons. The Kier molecular flexibility index (Phi) is 7.51. The number of nitrogens with two attached hydrogens (primary N) is 1. The van der Waals surface area contributed by atoms with Crippen molar-refractivity contribution in [1.29, 1.82) is 0 Å². The number of aromatic nitrogens is 2. The molecule has 7 heteroatoms. The summed E-state index contributed by atoms with van der Waals surface area (Å²) in [7, 11) is 0. The van der Waals surface area contributed by atoms with Crippen LogP contribution in [0.4, 0.5) is 0 Å². The number of guanidine groups is 1. The maximum atomic E-state index is 5.62. The van der Waals surface area contributed by atoms with Crippen molar-refractivity contribution < 1.29 is 4.52 Å². The zero-order valence-electron chi connectivity index (χ0n) is 10.1. The summed E-state index contributed by atoms with van der Waals surface area (Å²) in [6.07, 6.45) is 0.629. The Morgan fingerprint density at radius 2 is 2.29 bits per heavy atom. The van der Waals surface area contributed by atoms with Gasteiger partial charge >= 0.3 is 0 Å². The van der Waals surface area contributed by atoms with E-state index in [1.807, 2.05) is 6.92 Å². The molecule has 96 valence electrons. The first-order valence-corrected chi connectivity index (χ1v) is 5.05. The molecule has 0 aliphatic rings. The molecule has 0 amide bonds. The summed E-state index contributed by atoms with van der Waals surface area (Å²) in [5, 5.41) is 6.64. The molecule has 1 aromatic rings. The normalized spacial score (nSPS) is 10.8. The predicted molar refractivity (Wildman–Crippen MR) is 77.5 cm³/mol. The van der Waals surface area contributed by atoms with Gasteiger partial charge in [-0.1, -0.05) is 17.3 Å². The van der Waals surface area contributed by atoms with Gasteiger partial charge in [-0.3, -0.25) is 0 Å². The molecule has 0 aromatic carbocycles. The van der Waals surface area contributed by atoms with Crippen LogP contribution in [0.1, 0.15) is 18.6 Å². The van der Waals surface area contributed by atoms with Crippen molar-refractivity contribution in [2.24, 2.45) is 10.7 Å². The molecule has 0 saturated heterocycles. The molecule has 0 aliphatic carbocycles. The molecule has 1 heterocycles. The lowest BCUT2D eigenvalue weighted by Crippen LogP contribution is -2.33. The van der Waals surface area contributed by atoms with E-state index in [4.69, 9.17) is 10.3 Å². The Balaban J connectivity index is 0.00000256. The summed E-state index contributed by atoms with van der Waals surface area (Å²) >= 11 is 0. The van der Waals surface area contributed by atoms with Crippen LogP contribution in [-0.4, -0.2) is 29.2 Å². The SMILES string of the molecule is C=C(C)CN=C(N)NCCc1nc(C)no1.I. The van der Waals surface area contributed by atoms with Gasteiger partial charge in [0.2, 0.25) is 5.89 Å². The van der Waals surface area contributed by atoms with Crippen molar-refractivity contribution in [2.45, 2.75) is 20.3 Å². The van der Waals surface area contributed by atoms with Gasteiger partial charge in [-0.05, 0) is 13.8 Å². The van der Waals surface area contributed by atoms with Crippen LogP contribution in [0, 0.1) is 6.92 Å². The second-order valence-corrected chi connectivity index (χ2v) is 3.57. The molecule has 0 aliphatic heterocycles. The van der Waals surface area contributed by atoms with Gasteiger partial charge in [-0.25, -0.2) is 4.99 Å². The van der Waals surface area contributed by atoms with Crippen LogP contribution < -0.4 is 11.1 Å². The number of rotatable bonds is 5. The summed E-state index contributed by atoms with van der Waals surface area (Å²) in [6, 6.07) is 0. The van der Waals surface area contributed by atoms with E-state index in [2.05, 4.69) is 27.0 Å². The van der Waals surface area contributed by atoms with E-state index in [0.717, 1.165) is 5.57 Å². The molecule has 0 atom stereocenters. The molecule has 0 bridgehead atoms. The van der Waals surface area contributed by atoms with Crippen LogP contribution in [0.25, 0.3) is 0 Å². The van der Waals surface area contributed by atoms with E-state index in [0.29, 0.717) is 37.2 Å². The smallest absolute Gasteiger partial charge is 0.228 e. The fourth-order valence-electron chi connectivity index (χ4n) is 1.02. The highest BCUT2D eigenvalue weighted by Gasteiger charge is 2.01. The summed E-state index contributed by atoms with van der Waals surface area (Å²) in [6.45, 7) is 8.57. The average Bonchev–Trinajstić information content (AvgIpc) is 2.61. The summed E-state index contributed by atoms with van der Waals surface area (Å²) < 4.78 is 4.95. The lowest BCUT2D eigenvalue weighted by atomic mass is 10.4. The van der Waals surface area contributed by atoms with E-state index >= 15 is 0 Å². The Bertz CT molecular complexity index is 388. The van der Waals surface area contributed by atoms with E-state index in [-0.39, 0.29) is 24.0 Å². The number of hydrogen-bond donors (Lipinski definition) is 2. The highest BCUT2D eigenvalue weighted by atomic mass is 127. The zero-order chi connectivity index (χ0) is 12.0. The second-order valence-electron chi connectivity index (χ2n) is 3.57. The summed E-state index contributed by atoms with van der Waals surface area (Å²) in [5.74, 6) is 1.64. The third-order valence-corrected chi connectivity index (χ3v) is 1.73. The van der Waals surface area contributed by atoms with E-state index in [1.54, 1.807) is 6.92 Å². The Hall–Kier alpha value is -1.12. The molecule has 0 unspecified atom stereocenters. The Morgan fingerprint density at radius 3 is 2.82 bits per heavy atom. The van der Waals surface area contributed by atoms with Gasteiger partial charge in [0.05, 0.1) is 6.54 Å². The van der Waals surface area contributed by atoms with Crippen molar-refractivity contribution in [2.75, 3.05) is 13.1 Å². The fraction of sp³-hybridized carbons (Fsp3) is 0.500. The predicted octanol–water partition coefficient (Wildman–Crippen LogP) is 1.02. The molecule has 0 saturated carbocycles. The van der Waals surface area contributed by atoms with Crippen LogP contribution in [-0.2, 0) is 6.42 Å². The van der Waals surface area contributed by atoms with Gasteiger partial charge < -0.3 is 15.6 Å². The van der Waals surface area contributed by atoms with E-state index in [9.17, 15) is 0 Å². The molecule has 0 fully saturated rings. The minimum atomic E-state index is 0. The fourth-order valence-corrected chi connectivity index (χ4v) is 1.02. The number of hydrogen-bond acceptors (Lipinski definition) is 4. The highest BCUT2D eigenvalue weighted by Crippen LogP contribution is 1.95. The van der Waals surface area contributed by atoms with E-state index in [1.165, 1.54) is 0 Å². The summed E-state index contributed by atoms with van der Waals surface area (Å²) in [4.78, 5) is 8.15. The molecule has 1 aromatic heterocycles. The van der Waals surface area contributed by atoms with Crippen LogP contribution >= 0.6 is 24.0 Å². The van der Waals surface area contributed by atoms with Gasteiger partial charge in [-0.2, -0.15) is 4.98 Å². The van der Waals surface area contributed by atoms with Gasteiger partial charge in [0, 0.05) is 13.0 Å². The monoisotopic (exact) mass is 351 g/mol. The quantitative estimate of drug-likeness (QED) is 0.358. The number of halogens is 1. The maximum Gasteiger partial charge on any atom is 0.228 e. The van der Waals surface area contributed by atoms with Gasteiger partial charge in [0.25, 0.3) is 0 Å². The minimum Gasteiger partial charge on any atom is -0.370 e. The van der Waals surface area contributed by atoms with Crippen LogP contribution in [0.3, 0.4) is 0 Å². The standard InChI is InChI=1S/C10H17N5O.HI/c1-7(2)6-13-10(11)12-5-4-9-14-8(3)15-16-9;/h1,4-6H2,2-3H3,(H3,11,12,13);1H. The average molecular weight is 351 g/mol. The molecule has 6 nitrogen and oxygen atoms in total. The first-order chi connectivity index (χ1) is 7.58. The van der Waals surface area contributed by atoms with Crippen molar-refractivity contribution in [3.63, 3.8) is 0 Å². The van der Waals surface area contributed by atoms with Crippen molar-refractivity contribution in [3.8, 4) is 0 Å². The topological polar surface area (TPSA) is 89.3 Å². The van der Waals surface area contributed by atoms with Crippen LogP contribution in [0.15, 0.2) is 21.7 Å². The molecule has 3 N–H and O–H groups in total. The van der Waals surface area contributed by atoms with Gasteiger partial charge in [-0.15, -0.1) is 24.0 Å². The first-order valence-electron chi connectivity index (χ1n) is 5.05. The molecule has 17 heavy (non-hydrogen) atoms. The van der Waals surface area contributed by atoms with Crippen LogP contribution in [0.5, 0.6) is 0 Å². The number of aryl methyl sites for hydroxylation is 1. The highest BCUT2D eigenvalue weighted by molar-refractivity contribution is 14.0. The van der Waals surface area contributed by atoms with Crippen LogP contribution in [0.2, 0.25) is 0 Å². The first kappa shape index (κ1) is 15.9. The number of nitrogens with zero attached hydrogens (tertiary/aromatic N) is 3. The Labute approximate surface area is 118 Å². The molecule has 1 rings (SSSR count). The zero-order valence-corrected chi connectivity index (χ0v) is 12.4. The Morgan fingerprint density at radius 1 is 1.59 bits per heavy atom. The van der Waals surface area contributed by atoms with E-state index < -0.39 is 0 Å². The molecule has 0 spiro atoms. The maximum absolute atomic E-state index is 5.62. The number of aliphatic imine (C=N–C) groups is 1. The largest absolute Gasteiger partial charge is 0.370 e. The minimum absolute atomic E-state index is 0.